The van der Waals surface area contributed by atoms with Crippen LogP contribution in [0.3, 0.4) is 0 Å². The summed E-state index contributed by atoms with van der Waals surface area (Å²) in [6.07, 6.45) is 2.86. The van der Waals surface area contributed by atoms with E-state index in [0.717, 1.165) is 25.7 Å². The van der Waals surface area contributed by atoms with E-state index in [2.05, 4.69) is 10.3 Å². The summed E-state index contributed by atoms with van der Waals surface area (Å²) in [7, 11) is 3.36. The second kappa shape index (κ2) is 8.09. The van der Waals surface area contributed by atoms with E-state index in [0.29, 0.717) is 32.7 Å². The molecule has 160 valence electrons. The number of aliphatic hydroxyl groups excluding tert-OH is 1. The van der Waals surface area contributed by atoms with Crippen molar-refractivity contribution in [1.29, 1.82) is 0 Å². The number of fused-ring (bicyclic) bond motifs is 1. The highest BCUT2D eigenvalue weighted by Gasteiger charge is 2.23. The summed E-state index contributed by atoms with van der Waals surface area (Å²) in [5.74, 6) is 0.533. The molecule has 0 aliphatic heterocycles. The highest BCUT2D eigenvalue weighted by molar-refractivity contribution is 6.42. The Morgan fingerprint density at radius 1 is 1.10 bits per heavy atom. The van der Waals surface area contributed by atoms with Crippen molar-refractivity contribution < 1.29 is 5.11 Å². The second-order valence-electron chi connectivity index (χ2n) is 7.80. The molecule has 3 aromatic rings. The van der Waals surface area contributed by atoms with E-state index in [9.17, 15) is 14.7 Å². The molecule has 0 amide bonds. The zero-order valence-corrected chi connectivity index (χ0v) is 18.2. The highest BCUT2D eigenvalue weighted by Crippen LogP contribution is 2.24. The fourth-order valence-electron chi connectivity index (χ4n) is 3.94. The van der Waals surface area contributed by atoms with Crippen LogP contribution in [0, 0.1) is 0 Å². The van der Waals surface area contributed by atoms with Gasteiger partial charge in [-0.3, -0.25) is 13.9 Å². The first-order chi connectivity index (χ1) is 14.3. The van der Waals surface area contributed by atoms with Gasteiger partial charge in [-0.25, -0.2) is 4.79 Å². The molecule has 4 rings (SSSR count). The Morgan fingerprint density at radius 3 is 2.47 bits per heavy atom. The van der Waals surface area contributed by atoms with Gasteiger partial charge in [0.05, 0.1) is 22.7 Å². The molecule has 0 atom stereocenters. The quantitative estimate of drug-likeness (QED) is 0.635. The number of hydrogen-bond acceptors (Lipinski definition) is 5. The summed E-state index contributed by atoms with van der Waals surface area (Å²) in [5, 5.41) is 13.8. The van der Waals surface area contributed by atoms with Gasteiger partial charge in [-0.2, -0.15) is 4.98 Å². The molecule has 0 radical (unpaired) electrons. The zero-order chi connectivity index (χ0) is 21.6. The molecule has 0 saturated heterocycles. The van der Waals surface area contributed by atoms with Crippen molar-refractivity contribution in [3.63, 3.8) is 0 Å². The van der Waals surface area contributed by atoms with E-state index < -0.39 is 11.2 Å². The topological polar surface area (TPSA) is 94.1 Å². The SMILES string of the molecule is Cn1c(N[C@H]2CC[C@H](O)CC2)nc2c1c(=O)n(Cc1ccc(Cl)c(Cl)c1)c(=O)n2C. The Bertz CT molecular complexity index is 1220. The maximum Gasteiger partial charge on any atom is 0.332 e. The lowest BCUT2D eigenvalue weighted by atomic mass is 9.93. The molecule has 1 aliphatic rings. The van der Waals surface area contributed by atoms with Gasteiger partial charge in [-0.15, -0.1) is 0 Å². The Morgan fingerprint density at radius 2 is 1.80 bits per heavy atom. The number of imidazole rings is 1. The van der Waals surface area contributed by atoms with Gasteiger partial charge in [0.15, 0.2) is 11.2 Å². The summed E-state index contributed by atoms with van der Waals surface area (Å²) in [6, 6.07) is 5.19. The average molecular weight is 452 g/mol. The monoisotopic (exact) mass is 451 g/mol. The van der Waals surface area contributed by atoms with Crippen molar-refractivity contribution in [2.24, 2.45) is 14.1 Å². The molecule has 10 heteroatoms. The first kappa shape index (κ1) is 21.0. The van der Waals surface area contributed by atoms with Crippen molar-refractivity contribution in [2.75, 3.05) is 5.32 Å². The molecule has 1 aromatic carbocycles. The van der Waals surface area contributed by atoms with E-state index in [1.54, 1.807) is 36.9 Å². The molecule has 2 heterocycles. The molecule has 1 aliphatic carbocycles. The highest BCUT2D eigenvalue weighted by atomic mass is 35.5. The first-order valence-corrected chi connectivity index (χ1v) is 10.6. The van der Waals surface area contributed by atoms with Crippen molar-refractivity contribution >= 4 is 40.3 Å². The molecule has 30 heavy (non-hydrogen) atoms. The number of halogens is 2. The second-order valence-corrected chi connectivity index (χ2v) is 8.61. The smallest absolute Gasteiger partial charge is 0.332 e. The van der Waals surface area contributed by atoms with Crippen LogP contribution in [0.5, 0.6) is 0 Å². The van der Waals surface area contributed by atoms with Gasteiger partial charge >= 0.3 is 5.69 Å². The van der Waals surface area contributed by atoms with Gasteiger partial charge in [0.2, 0.25) is 5.95 Å². The first-order valence-electron chi connectivity index (χ1n) is 9.81. The lowest BCUT2D eigenvalue weighted by Crippen LogP contribution is -2.39. The molecule has 2 N–H and O–H groups in total. The summed E-state index contributed by atoms with van der Waals surface area (Å²) in [6.45, 7) is 0.0762. The fourth-order valence-corrected chi connectivity index (χ4v) is 4.26. The minimum atomic E-state index is -0.455. The van der Waals surface area contributed by atoms with Crippen molar-refractivity contribution in [1.82, 2.24) is 18.7 Å². The van der Waals surface area contributed by atoms with Crippen LogP contribution in [0.2, 0.25) is 10.0 Å². The fraction of sp³-hybridized carbons (Fsp3) is 0.450. The van der Waals surface area contributed by atoms with E-state index >= 15 is 0 Å². The van der Waals surface area contributed by atoms with Crippen LogP contribution in [0.1, 0.15) is 31.2 Å². The number of aromatic nitrogens is 4. The zero-order valence-electron chi connectivity index (χ0n) is 16.7. The van der Waals surface area contributed by atoms with E-state index in [1.165, 1.54) is 9.13 Å². The number of nitrogens with one attached hydrogen (secondary N) is 1. The standard InChI is InChI=1S/C20H23Cl2N5O3/c1-25-16-17(24-19(25)23-12-4-6-13(28)7-5-12)26(2)20(30)27(18(16)29)10-11-3-8-14(21)15(22)9-11/h3,8-9,12-13,28H,4-7,10H2,1-2H3,(H,23,24)/t12-,13-. The number of anilines is 1. The van der Waals surface area contributed by atoms with Crippen LogP contribution in [0.25, 0.3) is 11.2 Å². The Labute approximate surface area is 182 Å². The van der Waals surface area contributed by atoms with Crippen LogP contribution in [-0.4, -0.2) is 35.9 Å². The van der Waals surface area contributed by atoms with Crippen LogP contribution in [0.4, 0.5) is 5.95 Å². The molecule has 0 bridgehead atoms. The number of nitrogens with zero attached hydrogens (tertiary/aromatic N) is 4. The molecule has 0 spiro atoms. The van der Waals surface area contributed by atoms with Crippen LogP contribution >= 0.6 is 23.2 Å². The van der Waals surface area contributed by atoms with Gasteiger partial charge in [-0.05, 0) is 43.4 Å². The number of rotatable bonds is 4. The summed E-state index contributed by atoms with van der Waals surface area (Å²) in [4.78, 5) is 30.6. The van der Waals surface area contributed by atoms with Crippen LogP contribution < -0.4 is 16.6 Å². The summed E-state index contributed by atoms with van der Waals surface area (Å²) in [5.41, 5.74) is 0.501. The van der Waals surface area contributed by atoms with Gasteiger partial charge in [0.1, 0.15) is 0 Å². The Hall–Kier alpha value is -2.29. The maximum absolute atomic E-state index is 13.2. The Balaban J connectivity index is 1.74. The number of aliphatic hydroxyl groups is 1. The molecule has 8 nitrogen and oxygen atoms in total. The third-order valence-electron chi connectivity index (χ3n) is 5.71. The van der Waals surface area contributed by atoms with Gasteiger partial charge < -0.3 is 15.0 Å². The van der Waals surface area contributed by atoms with Crippen LogP contribution in [0.15, 0.2) is 27.8 Å². The maximum atomic E-state index is 13.2. The van der Waals surface area contributed by atoms with Gasteiger partial charge in [0.25, 0.3) is 5.56 Å². The predicted molar refractivity (Wildman–Crippen MR) is 118 cm³/mol. The molecular formula is C20H23Cl2N5O3. The van der Waals surface area contributed by atoms with E-state index in [-0.39, 0.29) is 18.7 Å². The summed E-state index contributed by atoms with van der Waals surface area (Å²) >= 11 is 12.0. The van der Waals surface area contributed by atoms with Gasteiger partial charge in [0, 0.05) is 20.1 Å². The molecule has 0 unspecified atom stereocenters. The largest absolute Gasteiger partial charge is 0.393 e. The number of hydrogen-bond donors (Lipinski definition) is 2. The minimum absolute atomic E-state index is 0.0762. The Kier molecular flexibility index (Phi) is 5.65. The number of benzene rings is 1. The third-order valence-corrected chi connectivity index (χ3v) is 6.45. The number of aryl methyl sites for hydroxylation is 2. The molecule has 1 fully saturated rings. The lowest BCUT2D eigenvalue weighted by Gasteiger charge is -2.26. The van der Waals surface area contributed by atoms with E-state index in [1.807, 2.05) is 0 Å². The lowest BCUT2D eigenvalue weighted by molar-refractivity contribution is 0.126. The normalized spacial score (nSPS) is 19.4. The predicted octanol–water partition coefficient (Wildman–Crippen LogP) is 2.50. The van der Waals surface area contributed by atoms with Crippen molar-refractivity contribution in [2.45, 2.75) is 44.4 Å². The summed E-state index contributed by atoms with van der Waals surface area (Å²) < 4.78 is 4.24. The van der Waals surface area contributed by atoms with E-state index in [4.69, 9.17) is 23.2 Å². The molecule has 2 aromatic heterocycles. The van der Waals surface area contributed by atoms with Crippen molar-refractivity contribution in [3.05, 3.63) is 54.6 Å². The molecular weight excluding hydrogens is 429 g/mol. The van der Waals surface area contributed by atoms with Crippen molar-refractivity contribution in [3.8, 4) is 0 Å². The third kappa shape index (κ3) is 3.75. The average Bonchev–Trinajstić information content (AvgIpc) is 3.04. The van der Waals surface area contributed by atoms with Gasteiger partial charge in [-0.1, -0.05) is 29.3 Å². The minimum Gasteiger partial charge on any atom is -0.393 e. The molecule has 1 saturated carbocycles. The van der Waals surface area contributed by atoms with Crippen LogP contribution in [-0.2, 0) is 20.6 Å².